The van der Waals surface area contributed by atoms with Crippen molar-refractivity contribution in [2.75, 3.05) is 19.8 Å². The van der Waals surface area contributed by atoms with E-state index in [0.29, 0.717) is 6.42 Å². The van der Waals surface area contributed by atoms with Crippen LogP contribution in [0.3, 0.4) is 0 Å². The predicted molar refractivity (Wildman–Crippen MR) is 261 cm³/mol. The van der Waals surface area contributed by atoms with Gasteiger partial charge in [-0.25, -0.2) is 0 Å². The van der Waals surface area contributed by atoms with Crippen LogP contribution < -0.4 is 0 Å². The van der Waals surface area contributed by atoms with E-state index >= 15 is 0 Å². The van der Waals surface area contributed by atoms with Crippen molar-refractivity contribution in [2.45, 2.75) is 275 Å². The summed E-state index contributed by atoms with van der Waals surface area (Å²) in [5, 5.41) is 40.2. The quantitative estimate of drug-likeness (QED) is 0.0264. The zero-order valence-electron chi connectivity index (χ0n) is 41.0. The fourth-order valence-corrected chi connectivity index (χ4v) is 8.08. The van der Waals surface area contributed by atoms with E-state index in [1.54, 1.807) is 0 Å². The van der Waals surface area contributed by atoms with E-state index < -0.39 is 49.4 Å². The molecule has 0 aromatic rings. The van der Waals surface area contributed by atoms with Crippen molar-refractivity contribution in [3.63, 3.8) is 0 Å². The summed E-state index contributed by atoms with van der Waals surface area (Å²) in [6.07, 6.45) is 45.8. The number of carbonyl (C=O) groups excluding carboxylic acids is 2. The van der Waals surface area contributed by atoms with E-state index in [1.807, 2.05) is 0 Å². The van der Waals surface area contributed by atoms with Crippen LogP contribution in [0, 0.1) is 0 Å². The lowest BCUT2D eigenvalue weighted by Crippen LogP contribution is -2.59. The molecular formula is C54H98O10. The highest BCUT2D eigenvalue weighted by Crippen LogP contribution is 2.23. The zero-order chi connectivity index (χ0) is 46.6. The van der Waals surface area contributed by atoms with Gasteiger partial charge >= 0.3 is 11.9 Å². The van der Waals surface area contributed by atoms with E-state index in [1.165, 1.54) is 135 Å². The average molecular weight is 907 g/mol. The Kier molecular flexibility index (Phi) is 41.9. The van der Waals surface area contributed by atoms with Crippen molar-refractivity contribution in [3.05, 3.63) is 36.5 Å². The topological polar surface area (TPSA) is 152 Å². The summed E-state index contributed by atoms with van der Waals surface area (Å²) in [5.74, 6) is -0.810. The number of unbranched alkanes of at least 4 members (excludes halogenated alkanes) is 28. The van der Waals surface area contributed by atoms with Crippen LogP contribution in [0.15, 0.2) is 36.5 Å². The number of allylic oxidation sites excluding steroid dienone is 6. The van der Waals surface area contributed by atoms with E-state index in [-0.39, 0.29) is 32.0 Å². The van der Waals surface area contributed by atoms with Crippen molar-refractivity contribution < 1.29 is 49.0 Å². The molecule has 1 saturated heterocycles. The molecule has 1 aliphatic rings. The fraction of sp³-hybridized carbons (Fsp3) is 0.852. The van der Waals surface area contributed by atoms with Crippen molar-refractivity contribution in [1.29, 1.82) is 0 Å². The van der Waals surface area contributed by atoms with E-state index in [4.69, 9.17) is 18.9 Å². The number of hydrogen-bond acceptors (Lipinski definition) is 10. The van der Waals surface area contributed by atoms with Gasteiger partial charge in [0.2, 0.25) is 0 Å². The van der Waals surface area contributed by atoms with Gasteiger partial charge in [-0.1, -0.05) is 211 Å². The Morgan fingerprint density at radius 2 is 0.875 bits per heavy atom. The summed E-state index contributed by atoms with van der Waals surface area (Å²) < 4.78 is 22.3. The molecule has 1 heterocycles. The lowest BCUT2D eigenvalue weighted by molar-refractivity contribution is -0.305. The summed E-state index contributed by atoms with van der Waals surface area (Å²) in [6.45, 7) is 3.42. The van der Waals surface area contributed by atoms with Crippen LogP contribution in [0.4, 0.5) is 0 Å². The predicted octanol–water partition coefficient (Wildman–Crippen LogP) is 12.6. The first-order valence-electron chi connectivity index (χ1n) is 26.6. The third-order valence-electron chi connectivity index (χ3n) is 12.3. The number of rotatable bonds is 45. The van der Waals surface area contributed by atoms with Crippen LogP contribution in [-0.2, 0) is 28.5 Å². The molecule has 0 amide bonds. The highest BCUT2D eigenvalue weighted by atomic mass is 16.7. The molecule has 64 heavy (non-hydrogen) atoms. The van der Waals surface area contributed by atoms with E-state index in [0.717, 1.165) is 70.6 Å². The molecular weight excluding hydrogens is 809 g/mol. The van der Waals surface area contributed by atoms with Gasteiger partial charge in [0, 0.05) is 12.8 Å². The van der Waals surface area contributed by atoms with Crippen LogP contribution in [-0.4, -0.2) is 89.0 Å². The van der Waals surface area contributed by atoms with Gasteiger partial charge < -0.3 is 39.4 Å². The van der Waals surface area contributed by atoms with Crippen LogP contribution in [0.5, 0.6) is 0 Å². The Labute approximate surface area is 391 Å². The molecule has 6 atom stereocenters. The van der Waals surface area contributed by atoms with E-state index in [9.17, 15) is 30.0 Å². The van der Waals surface area contributed by atoms with Gasteiger partial charge in [-0.15, -0.1) is 0 Å². The fourth-order valence-electron chi connectivity index (χ4n) is 8.08. The molecule has 0 aromatic heterocycles. The summed E-state index contributed by atoms with van der Waals surface area (Å²) in [6, 6.07) is 0. The highest BCUT2D eigenvalue weighted by molar-refractivity contribution is 5.70. The Morgan fingerprint density at radius 3 is 1.34 bits per heavy atom. The number of aliphatic hydroxyl groups excluding tert-OH is 4. The van der Waals surface area contributed by atoms with Crippen LogP contribution in [0.25, 0.3) is 0 Å². The molecule has 10 heteroatoms. The Hall–Kier alpha value is -2.08. The summed E-state index contributed by atoms with van der Waals surface area (Å²) in [4.78, 5) is 25.5. The number of carbonyl (C=O) groups is 2. The smallest absolute Gasteiger partial charge is 0.306 e. The number of esters is 2. The van der Waals surface area contributed by atoms with Crippen LogP contribution >= 0.6 is 0 Å². The van der Waals surface area contributed by atoms with Crippen LogP contribution in [0.1, 0.15) is 239 Å². The number of ether oxygens (including phenoxy) is 4. The first-order valence-corrected chi connectivity index (χ1v) is 26.6. The molecule has 10 nitrogen and oxygen atoms in total. The zero-order valence-corrected chi connectivity index (χ0v) is 41.0. The minimum Gasteiger partial charge on any atom is -0.462 e. The molecule has 6 unspecified atom stereocenters. The average Bonchev–Trinajstić information content (AvgIpc) is 3.29. The maximum atomic E-state index is 12.8. The molecule has 0 saturated carbocycles. The molecule has 0 spiro atoms. The van der Waals surface area contributed by atoms with Crippen molar-refractivity contribution in [1.82, 2.24) is 0 Å². The van der Waals surface area contributed by atoms with Gasteiger partial charge in [-0.05, 0) is 51.4 Å². The SMILES string of the molecule is CCCCC/C=C\C/C=C\C/C=C\CCCCCCCCC(=O)OC(COC(=O)CCCCCCCCCCCCCCCCCCCCCC)COC1OC(CO)C(O)C(O)C1O. The third kappa shape index (κ3) is 35.2. The van der Waals surface area contributed by atoms with Gasteiger partial charge in [0.15, 0.2) is 12.4 Å². The summed E-state index contributed by atoms with van der Waals surface area (Å²) in [5.41, 5.74) is 0. The molecule has 0 bridgehead atoms. The monoisotopic (exact) mass is 907 g/mol. The standard InChI is InChI=1S/C54H98O10/c1-3-5-7-9-11-13-15-17-19-21-23-25-26-28-30-32-34-36-38-40-42-49(56)61-45-47(46-62-54-53(60)52(59)51(58)48(44-55)64-54)63-50(57)43-41-39-37-35-33-31-29-27-24-22-20-18-16-14-12-10-8-6-4-2/h12,14,18,20,24,27,47-48,51-55,58-60H,3-11,13,15-17,19,21-23,25-26,28-46H2,1-2H3/b14-12-,20-18-,27-24-. The first kappa shape index (κ1) is 59.9. The van der Waals surface area contributed by atoms with Crippen molar-refractivity contribution in [3.8, 4) is 0 Å². The molecule has 0 radical (unpaired) electrons. The molecule has 0 aliphatic carbocycles. The molecule has 1 rings (SSSR count). The van der Waals surface area contributed by atoms with Gasteiger partial charge in [-0.2, -0.15) is 0 Å². The molecule has 4 N–H and O–H groups in total. The maximum Gasteiger partial charge on any atom is 0.306 e. The largest absolute Gasteiger partial charge is 0.462 e. The second kappa shape index (κ2) is 44.7. The van der Waals surface area contributed by atoms with Gasteiger partial charge in [0.25, 0.3) is 0 Å². The van der Waals surface area contributed by atoms with Gasteiger partial charge in [-0.3, -0.25) is 9.59 Å². The normalized spacial score (nSPS) is 19.6. The summed E-state index contributed by atoms with van der Waals surface area (Å²) in [7, 11) is 0. The first-order chi connectivity index (χ1) is 31.3. The second-order valence-electron chi connectivity index (χ2n) is 18.3. The van der Waals surface area contributed by atoms with Crippen molar-refractivity contribution >= 4 is 11.9 Å². The molecule has 1 aliphatic heterocycles. The molecule has 374 valence electrons. The lowest BCUT2D eigenvalue weighted by Gasteiger charge is -2.39. The molecule has 0 aromatic carbocycles. The molecule has 1 fully saturated rings. The maximum absolute atomic E-state index is 12.8. The van der Waals surface area contributed by atoms with Crippen molar-refractivity contribution in [2.24, 2.45) is 0 Å². The van der Waals surface area contributed by atoms with Gasteiger partial charge in [0.05, 0.1) is 13.2 Å². The lowest BCUT2D eigenvalue weighted by atomic mass is 9.99. The number of hydrogen-bond donors (Lipinski definition) is 4. The van der Waals surface area contributed by atoms with E-state index in [2.05, 4.69) is 50.3 Å². The minimum absolute atomic E-state index is 0.217. The highest BCUT2D eigenvalue weighted by Gasteiger charge is 2.44. The number of aliphatic hydroxyl groups is 4. The summed E-state index contributed by atoms with van der Waals surface area (Å²) >= 11 is 0. The Morgan fingerprint density at radius 1 is 0.484 bits per heavy atom. The minimum atomic E-state index is -1.60. The van der Waals surface area contributed by atoms with Gasteiger partial charge in [0.1, 0.15) is 31.0 Å². The third-order valence-corrected chi connectivity index (χ3v) is 12.3. The second-order valence-corrected chi connectivity index (χ2v) is 18.3. The van der Waals surface area contributed by atoms with Crippen LogP contribution in [0.2, 0.25) is 0 Å². The Balaban J connectivity index is 2.25. The Bertz CT molecular complexity index is 1140.